The van der Waals surface area contributed by atoms with Crippen molar-refractivity contribution in [3.8, 4) is 0 Å². The zero-order valence-electron chi connectivity index (χ0n) is 20.6. The normalized spacial score (nSPS) is 26.8. The molecule has 2 aromatic rings. The molecule has 0 N–H and O–H groups in total. The fourth-order valence-corrected chi connectivity index (χ4v) is 7.77. The highest BCUT2D eigenvalue weighted by atomic mass is 32.2. The number of carbonyl (C=O) groups is 2. The van der Waals surface area contributed by atoms with Crippen molar-refractivity contribution in [3.63, 3.8) is 0 Å². The maximum Gasteiger partial charge on any atom is 0.344 e. The molecule has 1 aliphatic heterocycles. The van der Waals surface area contributed by atoms with Gasteiger partial charge in [0.15, 0.2) is 21.3 Å². The van der Waals surface area contributed by atoms with Crippen LogP contribution in [0, 0.1) is 17.8 Å². The predicted octanol–water partition coefficient (Wildman–Crippen LogP) is 5.60. The highest BCUT2D eigenvalue weighted by Crippen LogP contribution is 2.55. The van der Waals surface area contributed by atoms with Crippen molar-refractivity contribution in [2.45, 2.75) is 48.7 Å². The van der Waals surface area contributed by atoms with Crippen LogP contribution in [-0.2, 0) is 34.7 Å². The topological polar surface area (TPSA) is 61.8 Å². The zero-order chi connectivity index (χ0) is 25.2. The van der Waals surface area contributed by atoms with Crippen molar-refractivity contribution in [2.75, 3.05) is 6.61 Å². The third kappa shape index (κ3) is 4.74. The van der Waals surface area contributed by atoms with Crippen LogP contribution < -0.4 is 0 Å². The quantitative estimate of drug-likeness (QED) is 0.193. The molecule has 2 bridgehead atoms. The molecule has 2 aliphatic carbocycles. The van der Waals surface area contributed by atoms with E-state index in [1.807, 2.05) is 62.4 Å². The summed E-state index contributed by atoms with van der Waals surface area (Å²) >= 11 is 0. The summed E-state index contributed by atoms with van der Waals surface area (Å²) in [6.45, 7) is 8.04. The Morgan fingerprint density at radius 1 is 1.08 bits per heavy atom. The maximum absolute atomic E-state index is 12.6. The standard InChI is InChI=1S/C30H31O5S/c1-4-26(33-18-27(31)34-28-21-16-24-25(17-21)30(32)35-29(24)28)19(2)15-20(3)36(22-11-7-5-8-12-22)23-13-9-6-10-14-23/h4-15,21,24-25,28-29H,3,16-18H2,1-2H3/q+1/b19-15-,26-4-. The molecule has 36 heavy (non-hydrogen) atoms. The van der Waals surface area contributed by atoms with Crippen molar-refractivity contribution >= 4 is 22.8 Å². The lowest BCUT2D eigenvalue weighted by Crippen LogP contribution is -2.36. The first kappa shape index (κ1) is 24.4. The van der Waals surface area contributed by atoms with Crippen LogP contribution in [-0.4, -0.2) is 30.8 Å². The first-order chi connectivity index (χ1) is 17.5. The van der Waals surface area contributed by atoms with Crippen LogP contribution in [0.25, 0.3) is 0 Å². The molecule has 0 radical (unpaired) electrons. The number of ether oxygens (including phenoxy) is 3. The minimum atomic E-state index is -0.439. The number of carbonyl (C=O) groups excluding carboxylic acids is 2. The first-order valence-corrected chi connectivity index (χ1v) is 13.6. The lowest BCUT2D eigenvalue weighted by molar-refractivity contribution is -0.164. The van der Waals surface area contributed by atoms with E-state index in [-0.39, 0.29) is 53.4 Å². The van der Waals surface area contributed by atoms with E-state index in [4.69, 9.17) is 14.2 Å². The Labute approximate surface area is 215 Å². The molecule has 5 unspecified atom stereocenters. The largest absolute Gasteiger partial charge is 0.482 e. The van der Waals surface area contributed by atoms with Crippen LogP contribution in [0.2, 0.25) is 0 Å². The van der Waals surface area contributed by atoms with E-state index in [2.05, 4.69) is 30.8 Å². The molecule has 0 amide bonds. The Morgan fingerprint density at radius 3 is 2.33 bits per heavy atom. The van der Waals surface area contributed by atoms with Gasteiger partial charge in [0.25, 0.3) is 0 Å². The van der Waals surface area contributed by atoms with Crippen LogP contribution in [0.15, 0.2) is 105 Å². The summed E-state index contributed by atoms with van der Waals surface area (Å²) in [5.74, 6) is 0.443. The molecule has 1 saturated heterocycles. The van der Waals surface area contributed by atoms with Gasteiger partial charge in [-0.3, -0.25) is 4.79 Å². The molecule has 2 saturated carbocycles. The fraction of sp³-hybridized carbons (Fsp3) is 0.333. The molecule has 0 aromatic heterocycles. The molecule has 6 heteroatoms. The molecule has 186 valence electrons. The second-order valence-electron chi connectivity index (χ2n) is 9.53. The van der Waals surface area contributed by atoms with Gasteiger partial charge in [-0.2, -0.15) is 0 Å². The number of esters is 2. The van der Waals surface area contributed by atoms with E-state index in [9.17, 15) is 9.59 Å². The molecule has 5 atom stereocenters. The monoisotopic (exact) mass is 503 g/mol. The third-order valence-corrected chi connectivity index (χ3v) is 9.40. The Bertz CT molecular complexity index is 1160. The summed E-state index contributed by atoms with van der Waals surface area (Å²) in [6.07, 6.45) is 4.89. The SMILES string of the molecule is C=C(/C=C(C)\C(=C\C)OCC(=O)OC1C2CC3C(=O)OC1C3C2)[S+](c1ccccc1)c1ccccc1. The van der Waals surface area contributed by atoms with Gasteiger partial charge >= 0.3 is 11.9 Å². The average molecular weight is 504 g/mol. The minimum absolute atomic E-state index is 0.00183. The van der Waals surface area contributed by atoms with E-state index >= 15 is 0 Å². The molecule has 2 aromatic carbocycles. The van der Waals surface area contributed by atoms with Gasteiger partial charge in [-0.1, -0.05) is 36.4 Å². The molecular formula is C30H31O5S+. The van der Waals surface area contributed by atoms with Gasteiger partial charge in [-0.15, -0.1) is 0 Å². The second-order valence-corrected chi connectivity index (χ2v) is 11.6. The van der Waals surface area contributed by atoms with Crippen LogP contribution in [0.3, 0.4) is 0 Å². The van der Waals surface area contributed by atoms with Gasteiger partial charge < -0.3 is 14.2 Å². The van der Waals surface area contributed by atoms with Gasteiger partial charge in [-0.05, 0) is 69.2 Å². The van der Waals surface area contributed by atoms with E-state index < -0.39 is 5.97 Å². The molecular weight excluding hydrogens is 472 g/mol. The van der Waals surface area contributed by atoms with E-state index in [0.717, 1.165) is 23.3 Å². The van der Waals surface area contributed by atoms with Crippen LogP contribution in [0.1, 0.15) is 26.7 Å². The fourth-order valence-electron chi connectivity index (χ4n) is 5.74. The Kier molecular flexibility index (Phi) is 7.06. The third-order valence-electron chi connectivity index (χ3n) is 7.28. The number of allylic oxidation sites excluding steroid dienone is 3. The van der Waals surface area contributed by atoms with Gasteiger partial charge in [-0.25, -0.2) is 4.79 Å². The van der Waals surface area contributed by atoms with Crippen molar-refractivity contribution in [1.29, 1.82) is 0 Å². The van der Waals surface area contributed by atoms with E-state index in [1.165, 1.54) is 9.79 Å². The Morgan fingerprint density at radius 2 is 1.72 bits per heavy atom. The Balaban J connectivity index is 1.23. The van der Waals surface area contributed by atoms with Gasteiger partial charge in [0.1, 0.15) is 18.0 Å². The van der Waals surface area contributed by atoms with Crippen molar-refractivity contribution in [2.24, 2.45) is 17.8 Å². The van der Waals surface area contributed by atoms with Crippen LogP contribution in [0.4, 0.5) is 0 Å². The number of hydrogen-bond acceptors (Lipinski definition) is 5. The van der Waals surface area contributed by atoms with Gasteiger partial charge in [0.05, 0.1) is 16.8 Å². The summed E-state index contributed by atoms with van der Waals surface area (Å²) in [5.41, 5.74) is 0.882. The summed E-state index contributed by atoms with van der Waals surface area (Å²) in [7, 11) is -0.343. The minimum Gasteiger partial charge on any atom is -0.482 e. The maximum atomic E-state index is 12.6. The summed E-state index contributed by atoms with van der Waals surface area (Å²) in [5, 5.41) is 0. The van der Waals surface area contributed by atoms with Gasteiger partial charge in [0.2, 0.25) is 0 Å². The highest BCUT2D eigenvalue weighted by Gasteiger charge is 2.63. The highest BCUT2D eigenvalue weighted by molar-refractivity contribution is 8.00. The first-order valence-electron chi connectivity index (χ1n) is 12.4. The van der Waals surface area contributed by atoms with Crippen LogP contribution >= 0.6 is 0 Å². The number of hydrogen-bond donors (Lipinski definition) is 0. The molecule has 3 aliphatic rings. The van der Waals surface area contributed by atoms with Crippen molar-refractivity contribution < 1.29 is 23.8 Å². The van der Waals surface area contributed by atoms with Gasteiger partial charge in [0, 0.05) is 17.9 Å². The molecule has 5 rings (SSSR count). The van der Waals surface area contributed by atoms with Crippen LogP contribution in [0.5, 0.6) is 0 Å². The summed E-state index contributed by atoms with van der Waals surface area (Å²) in [6, 6.07) is 20.6. The molecule has 5 nitrogen and oxygen atoms in total. The Hall–Kier alpha value is -3.25. The smallest absolute Gasteiger partial charge is 0.344 e. The number of fused-ring (bicyclic) bond motifs is 1. The number of rotatable bonds is 9. The van der Waals surface area contributed by atoms with Crippen molar-refractivity contribution in [3.05, 3.63) is 95.6 Å². The lowest BCUT2D eigenvalue weighted by Gasteiger charge is -2.25. The second kappa shape index (κ2) is 10.4. The summed E-state index contributed by atoms with van der Waals surface area (Å²) < 4.78 is 17.1. The average Bonchev–Trinajstić information content (AvgIpc) is 3.51. The molecule has 3 fully saturated rings. The molecule has 1 heterocycles. The number of benzene rings is 2. The lowest BCUT2D eigenvalue weighted by atomic mass is 9.88. The predicted molar refractivity (Wildman–Crippen MR) is 139 cm³/mol. The van der Waals surface area contributed by atoms with Crippen molar-refractivity contribution in [1.82, 2.24) is 0 Å². The van der Waals surface area contributed by atoms with E-state index in [0.29, 0.717) is 5.76 Å². The summed E-state index contributed by atoms with van der Waals surface area (Å²) in [4.78, 5) is 27.9. The van der Waals surface area contributed by atoms with E-state index in [1.54, 1.807) is 0 Å². The molecule has 0 spiro atoms. The zero-order valence-corrected chi connectivity index (χ0v) is 21.4.